The highest BCUT2D eigenvalue weighted by molar-refractivity contribution is 5.39. The smallest absolute Gasteiger partial charge is 0.125 e. The van der Waals surface area contributed by atoms with E-state index >= 15 is 0 Å². The van der Waals surface area contributed by atoms with Crippen LogP contribution in [0.1, 0.15) is 18.1 Å². The van der Waals surface area contributed by atoms with Crippen LogP contribution in [-0.4, -0.2) is 30.9 Å². The van der Waals surface area contributed by atoms with Gasteiger partial charge in [-0.3, -0.25) is 0 Å². The van der Waals surface area contributed by atoms with Gasteiger partial charge in [0, 0.05) is 12.6 Å². The molecular weight excluding hydrogens is 202 g/mol. The van der Waals surface area contributed by atoms with Crippen molar-refractivity contribution in [2.75, 3.05) is 19.8 Å². The minimum Gasteiger partial charge on any atom is -0.492 e. The minimum atomic E-state index is 0.126. The molecule has 1 rings (SSSR count). The summed E-state index contributed by atoms with van der Waals surface area (Å²) in [6.45, 7) is 7.56. The first-order valence-corrected chi connectivity index (χ1v) is 5.68. The van der Waals surface area contributed by atoms with Crippen molar-refractivity contribution in [3.05, 3.63) is 29.3 Å². The van der Waals surface area contributed by atoms with Crippen molar-refractivity contribution in [3.63, 3.8) is 0 Å². The van der Waals surface area contributed by atoms with E-state index < -0.39 is 0 Å². The number of benzene rings is 1. The molecule has 2 N–H and O–H groups in total. The molecule has 0 saturated carbocycles. The molecule has 0 amide bonds. The zero-order valence-corrected chi connectivity index (χ0v) is 10.3. The van der Waals surface area contributed by atoms with Gasteiger partial charge in [-0.25, -0.2) is 0 Å². The van der Waals surface area contributed by atoms with Gasteiger partial charge in [0.1, 0.15) is 12.4 Å². The molecule has 0 radical (unpaired) electrons. The first-order valence-electron chi connectivity index (χ1n) is 5.68. The van der Waals surface area contributed by atoms with E-state index in [4.69, 9.17) is 9.84 Å². The fourth-order valence-electron chi connectivity index (χ4n) is 1.55. The Hall–Kier alpha value is -1.06. The van der Waals surface area contributed by atoms with Crippen LogP contribution in [0, 0.1) is 13.8 Å². The van der Waals surface area contributed by atoms with Crippen molar-refractivity contribution < 1.29 is 9.84 Å². The third-order valence-electron chi connectivity index (χ3n) is 2.52. The lowest BCUT2D eigenvalue weighted by molar-refractivity contribution is 0.238. The molecule has 1 aromatic rings. The van der Waals surface area contributed by atoms with Crippen molar-refractivity contribution in [1.29, 1.82) is 0 Å². The molecule has 3 nitrogen and oxygen atoms in total. The zero-order chi connectivity index (χ0) is 12.0. The van der Waals surface area contributed by atoms with Crippen LogP contribution in [0.25, 0.3) is 0 Å². The summed E-state index contributed by atoms with van der Waals surface area (Å²) >= 11 is 0. The number of hydrogen-bond donors (Lipinski definition) is 2. The van der Waals surface area contributed by atoms with Gasteiger partial charge in [0.2, 0.25) is 0 Å². The maximum absolute atomic E-state index is 8.84. The SMILES string of the molecule is Cc1cccc(C)c1OCCN[C@@H](C)CO. The average molecular weight is 223 g/mol. The van der Waals surface area contributed by atoms with Gasteiger partial charge in [-0.15, -0.1) is 0 Å². The Bertz CT molecular complexity index is 305. The molecule has 0 bridgehead atoms. The maximum Gasteiger partial charge on any atom is 0.125 e. The van der Waals surface area contributed by atoms with Gasteiger partial charge in [0.05, 0.1) is 6.61 Å². The fourth-order valence-corrected chi connectivity index (χ4v) is 1.55. The third kappa shape index (κ3) is 3.83. The molecule has 1 aromatic carbocycles. The van der Waals surface area contributed by atoms with Crippen LogP contribution < -0.4 is 10.1 Å². The van der Waals surface area contributed by atoms with Crippen LogP contribution in [0.2, 0.25) is 0 Å². The van der Waals surface area contributed by atoms with Gasteiger partial charge in [-0.05, 0) is 31.9 Å². The predicted octanol–water partition coefficient (Wildman–Crippen LogP) is 1.65. The van der Waals surface area contributed by atoms with Gasteiger partial charge in [0.25, 0.3) is 0 Å². The Kier molecular flexibility index (Phi) is 5.29. The summed E-state index contributed by atoms with van der Waals surface area (Å²) in [5.74, 6) is 0.973. The van der Waals surface area contributed by atoms with Crippen LogP contribution in [0.15, 0.2) is 18.2 Å². The number of hydrogen-bond acceptors (Lipinski definition) is 3. The number of para-hydroxylation sites is 1. The number of aliphatic hydroxyl groups is 1. The van der Waals surface area contributed by atoms with E-state index in [2.05, 4.69) is 5.32 Å². The Morgan fingerprint density at radius 1 is 1.31 bits per heavy atom. The Morgan fingerprint density at radius 3 is 2.50 bits per heavy atom. The molecule has 0 unspecified atom stereocenters. The number of ether oxygens (including phenoxy) is 1. The molecule has 0 heterocycles. The lowest BCUT2D eigenvalue weighted by Gasteiger charge is -2.14. The van der Waals surface area contributed by atoms with Gasteiger partial charge < -0.3 is 15.2 Å². The largest absolute Gasteiger partial charge is 0.492 e. The van der Waals surface area contributed by atoms with Crippen LogP contribution in [-0.2, 0) is 0 Å². The summed E-state index contributed by atoms with van der Waals surface area (Å²) in [7, 11) is 0. The monoisotopic (exact) mass is 223 g/mol. The van der Waals surface area contributed by atoms with E-state index in [1.54, 1.807) is 0 Å². The fraction of sp³-hybridized carbons (Fsp3) is 0.538. The first kappa shape index (κ1) is 13.0. The van der Waals surface area contributed by atoms with E-state index in [1.165, 1.54) is 0 Å². The molecule has 0 fully saturated rings. The minimum absolute atomic E-state index is 0.126. The second kappa shape index (κ2) is 6.51. The van der Waals surface area contributed by atoms with Gasteiger partial charge in [0.15, 0.2) is 0 Å². The molecule has 0 aliphatic rings. The molecular formula is C13H21NO2. The Morgan fingerprint density at radius 2 is 1.94 bits per heavy atom. The van der Waals surface area contributed by atoms with Crippen molar-refractivity contribution in [2.45, 2.75) is 26.8 Å². The highest BCUT2D eigenvalue weighted by atomic mass is 16.5. The molecule has 0 aromatic heterocycles. The molecule has 0 saturated heterocycles. The third-order valence-corrected chi connectivity index (χ3v) is 2.52. The van der Waals surface area contributed by atoms with E-state index in [-0.39, 0.29) is 12.6 Å². The van der Waals surface area contributed by atoms with Crippen LogP contribution in [0.3, 0.4) is 0 Å². The molecule has 0 aliphatic heterocycles. The maximum atomic E-state index is 8.84. The topological polar surface area (TPSA) is 41.5 Å². The van der Waals surface area contributed by atoms with Crippen LogP contribution in [0.4, 0.5) is 0 Å². The lowest BCUT2D eigenvalue weighted by atomic mass is 10.1. The Labute approximate surface area is 97.4 Å². The first-order chi connectivity index (χ1) is 7.65. The molecule has 3 heteroatoms. The van der Waals surface area contributed by atoms with Crippen molar-refractivity contribution >= 4 is 0 Å². The summed E-state index contributed by atoms with van der Waals surface area (Å²) in [6.07, 6.45) is 0. The number of nitrogens with one attached hydrogen (secondary N) is 1. The highest BCUT2D eigenvalue weighted by Crippen LogP contribution is 2.21. The average Bonchev–Trinajstić information content (AvgIpc) is 2.27. The Balaban J connectivity index is 2.37. The van der Waals surface area contributed by atoms with Crippen molar-refractivity contribution in [2.24, 2.45) is 0 Å². The number of aryl methyl sites for hydroxylation is 2. The van der Waals surface area contributed by atoms with Gasteiger partial charge in [-0.1, -0.05) is 18.2 Å². The van der Waals surface area contributed by atoms with Gasteiger partial charge in [-0.2, -0.15) is 0 Å². The predicted molar refractivity (Wildman–Crippen MR) is 66.0 cm³/mol. The van der Waals surface area contributed by atoms with Crippen LogP contribution >= 0.6 is 0 Å². The van der Waals surface area contributed by atoms with E-state index in [9.17, 15) is 0 Å². The van der Waals surface area contributed by atoms with E-state index in [1.807, 2.05) is 39.0 Å². The zero-order valence-electron chi connectivity index (χ0n) is 10.3. The second-order valence-corrected chi connectivity index (χ2v) is 4.11. The van der Waals surface area contributed by atoms with Gasteiger partial charge >= 0.3 is 0 Å². The second-order valence-electron chi connectivity index (χ2n) is 4.11. The van der Waals surface area contributed by atoms with E-state index in [0.717, 1.165) is 23.4 Å². The number of rotatable bonds is 6. The summed E-state index contributed by atoms with van der Waals surface area (Å²) in [5.41, 5.74) is 2.32. The lowest BCUT2D eigenvalue weighted by Crippen LogP contribution is -2.32. The van der Waals surface area contributed by atoms with E-state index in [0.29, 0.717) is 6.61 Å². The van der Waals surface area contributed by atoms with Crippen molar-refractivity contribution in [1.82, 2.24) is 5.32 Å². The standard InChI is InChI=1S/C13H21NO2/c1-10-5-4-6-11(2)13(10)16-8-7-14-12(3)9-15/h4-6,12,14-15H,7-9H2,1-3H3/t12-/m0/s1. The van der Waals surface area contributed by atoms with Crippen LogP contribution in [0.5, 0.6) is 5.75 Å². The summed E-state index contributed by atoms with van der Waals surface area (Å²) < 4.78 is 5.72. The highest BCUT2D eigenvalue weighted by Gasteiger charge is 2.03. The summed E-state index contributed by atoms with van der Waals surface area (Å²) in [6, 6.07) is 6.25. The molecule has 1 atom stereocenters. The molecule has 16 heavy (non-hydrogen) atoms. The number of aliphatic hydroxyl groups excluding tert-OH is 1. The summed E-state index contributed by atoms with van der Waals surface area (Å²) in [5, 5.41) is 12.0. The van der Waals surface area contributed by atoms with Crippen molar-refractivity contribution in [3.8, 4) is 5.75 Å². The normalized spacial score (nSPS) is 12.5. The molecule has 0 aliphatic carbocycles. The quantitative estimate of drug-likeness (QED) is 0.721. The summed E-state index contributed by atoms with van der Waals surface area (Å²) in [4.78, 5) is 0. The molecule has 0 spiro atoms. The molecule has 90 valence electrons.